The van der Waals surface area contributed by atoms with Crippen molar-refractivity contribution in [3.8, 4) is 17.6 Å². The maximum atomic E-state index is 14.2. The molecule has 10 heteroatoms. The maximum Gasteiger partial charge on any atom is 0.335 e. The highest BCUT2D eigenvalue weighted by molar-refractivity contribution is 5.95. The number of carboxylic acid groups (broad SMARTS) is 1. The molecule has 4 aromatic rings. The van der Waals surface area contributed by atoms with Crippen LogP contribution in [0.2, 0.25) is 0 Å². The Bertz CT molecular complexity index is 1580. The van der Waals surface area contributed by atoms with Gasteiger partial charge >= 0.3 is 5.97 Å². The lowest BCUT2D eigenvalue weighted by Crippen LogP contribution is -2.48. The fourth-order valence-electron chi connectivity index (χ4n) is 4.48. The van der Waals surface area contributed by atoms with Crippen LogP contribution in [0.25, 0.3) is 11.0 Å². The molecule has 0 atom stereocenters. The van der Waals surface area contributed by atoms with Crippen molar-refractivity contribution in [3.05, 3.63) is 89.0 Å². The van der Waals surface area contributed by atoms with Gasteiger partial charge < -0.3 is 19.3 Å². The molecular weight excluding hydrogens is 489 g/mol. The first-order valence-electron chi connectivity index (χ1n) is 12.0. The summed E-state index contributed by atoms with van der Waals surface area (Å²) in [5.74, 6) is -0.648. The lowest BCUT2D eigenvalue weighted by Gasteiger charge is -2.34. The summed E-state index contributed by atoms with van der Waals surface area (Å²) in [6.45, 7) is 2.95. The zero-order valence-electron chi connectivity index (χ0n) is 20.6. The zero-order valence-corrected chi connectivity index (χ0v) is 20.6. The van der Waals surface area contributed by atoms with Gasteiger partial charge in [0, 0.05) is 38.8 Å². The third-order valence-electron chi connectivity index (χ3n) is 6.61. The average molecular weight is 514 g/mol. The zero-order chi connectivity index (χ0) is 26.8. The number of hydrogen-bond donors (Lipinski definition) is 1. The molecular formula is C28H24FN5O4. The fourth-order valence-corrected chi connectivity index (χ4v) is 4.48. The molecule has 0 aliphatic carbocycles. The van der Waals surface area contributed by atoms with Gasteiger partial charge in [-0.1, -0.05) is 6.07 Å². The first-order chi connectivity index (χ1) is 18.3. The van der Waals surface area contributed by atoms with Gasteiger partial charge in [-0.25, -0.2) is 14.2 Å². The molecule has 0 radical (unpaired) electrons. The molecule has 0 bridgehead atoms. The number of nitrogens with zero attached hydrogens (tertiary/aromatic N) is 5. The topological polar surface area (TPSA) is 112 Å². The van der Waals surface area contributed by atoms with Crippen molar-refractivity contribution in [2.75, 3.05) is 26.2 Å². The van der Waals surface area contributed by atoms with E-state index in [1.165, 1.54) is 12.1 Å². The number of aryl methyl sites for hydroxylation is 1. The number of imidazole rings is 1. The van der Waals surface area contributed by atoms with E-state index in [4.69, 9.17) is 10.00 Å². The highest BCUT2D eigenvalue weighted by atomic mass is 19.1. The number of piperazine rings is 1. The van der Waals surface area contributed by atoms with E-state index in [1.807, 2.05) is 17.7 Å². The van der Waals surface area contributed by atoms with Crippen LogP contribution in [0.4, 0.5) is 4.39 Å². The Hall–Kier alpha value is -4.75. The van der Waals surface area contributed by atoms with Crippen LogP contribution in [-0.4, -0.2) is 62.5 Å². The van der Waals surface area contributed by atoms with Crippen LogP contribution in [0.3, 0.4) is 0 Å². The quantitative estimate of drug-likeness (QED) is 0.414. The number of aromatic nitrogens is 2. The van der Waals surface area contributed by atoms with E-state index in [2.05, 4.69) is 9.88 Å². The van der Waals surface area contributed by atoms with Gasteiger partial charge in [0.15, 0.2) is 11.6 Å². The van der Waals surface area contributed by atoms with Crippen molar-refractivity contribution >= 4 is 22.9 Å². The third-order valence-corrected chi connectivity index (χ3v) is 6.61. The third kappa shape index (κ3) is 5.05. The van der Waals surface area contributed by atoms with Crippen LogP contribution in [0, 0.1) is 17.1 Å². The minimum atomic E-state index is -0.978. The van der Waals surface area contributed by atoms with Gasteiger partial charge in [0.2, 0.25) is 0 Å². The van der Waals surface area contributed by atoms with Gasteiger partial charge in [0.1, 0.15) is 11.6 Å². The van der Waals surface area contributed by atoms with E-state index >= 15 is 0 Å². The van der Waals surface area contributed by atoms with Crippen molar-refractivity contribution in [1.82, 2.24) is 19.4 Å². The first kappa shape index (κ1) is 24.9. The summed E-state index contributed by atoms with van der Waals surface area (Å²) in [5.41, 5.74) is 2.35. The predicted octanol–water partition coefficient (Wildman–Crippen LogP) is 4.03. The van der Waals surface area contributed by atoms with Gasteiger partial charge in [-0.2, -0.15) is 5.26 Å². The van der Waals surface area contributed by atoms with Crippen LogP contribution < -0.4 is 4.74 Å². The van der Waals surface area contributed by atoms with E-state index in [1.54, 1.807) is 47.4 Å². The second kappa shape index (κ2) is 10.3. The number of hydrogen-bond acceptors (Lipinski definition) is 6. The molecule has 3 aromatic carbocycles. The summed E-state index contributed by atoms with van der Waals surface area (Å²) in [6.07, 6.45) is 0. The normalized spacial score (nSPS) is 13.9. The summed E-state index contributed by atoms with van der Waals surface area (Å²) in [5, 5.41) is 18.2. The molecule has 0 spiro atoms. The van der Waals surface area contributed by atoms with E-state index in [0.29, 0.717) is 44.0 Å². The Labute approximate surface area is 217 Å². The predicted molar refractivity (Wildman–Crippen MR) is 136 cm³/mol. The number of amides is 1. The van der Waals surface area contributed by atoms with E-state index in [-0.39, 0.29) is 22.8 Å². The minimum absolute atomic E-state index is 0.0247. The van der Waals surface area contributed by atoms with Crippen molar-refractivity contribution in [2.24, 2.45) is 7.05 Å². The number of carbonyl (C=O) groups is 2. The monoisotopic (exact) mass is 513 g/mol. The second-order valence-electron chi connectivity index (χ2n) is 9.05. The molecule has 1 fully saturated rings. The van der Waals surface area contributed by atoms with Crippen LogP contribution >= 0.6 is 0 Å². The average Bonchev–Trinajstić information content (AvgIpc) is 3.24. The number of ether oxygens (including phenoxy) is 1. The number of rotatable bonds is 6. The second-order valence-corrected chi connectivity index (χ2v) is 9.05. The summed E-state index contributed by atoms with van der Waals surface area (Å²) >= 11 is 0. The Morgan fingerprint density at radius 3 is 2.55 bits per heavy atom. The van der Waals surface area contributed by atoms with Crippen molar-refractivity contribution in [2.45, 2.75) is 6.54 Å². The van der Waals surface area contributed by atoms with Crippen LogP contribution in [-0.2, 0) is 13.6 Å². The lowest BCUT2D eigenvalue weighted by molar-refractivity contribution is 0.0623. The fraction of sp³-hybridized carbons (Fsp3) is 0.214. The largest absolute Gasteiger partial charge is 0.478 e. The van der Waals surface area contributed by atoms with E-state index in [9.17, 15) is 19.1 Å². The minimum Gasteiger partial charge on any atom is -0.478 e. The number of benzene rings is 3. The van der Waals surface area contributed by atoms with Crippen molar-refractivity contribution in [1.29, 1.82) is 5.26 Å². The highest BCUT2D eigenvalue weighted by Gasteiger charge is 2.24. The van der Waals surface area contributed by atoms with Gasteiger partial charge in [0.25, 0.3) is 5.91 Å². The molecule has 1 amide bonds. The van der Waals surface area contributed by atoms with Crippen molar-refractivity contribution in [3.63, 3.8) is 0 Å². The summed E-state index contributed by atoms with van der Waals surface area (Å²) in [6, 6.07) is 17.3. The van der Waals surface area contributed by atoms with Gasteiger partial charge in [-0.3, -0.25) is 9.69 Å². The number of carboxylic acids is 1. The SMILES string of the molecule is Cn1c(CN2CCN(C(=O)c3cccc(Oc4ccc(C#N)cc4F)c3)CC2)nc2ccc(C(=O)O)cc21. The standard InChI is InChI=1S/C28H24FN5O4/c1-32-24-15-20(28(36)37)6-7-23(24)31-26(32)17-33-9-11-34(12-10-33)27(35)19-3-2-4-21(14-19)38-25-8-5-18(16-30)13-22(25)29/h2-8,13-15H,9-12,17H2,1H3,(H,36,37). The molecule has 9 nitrogen and oxygen atoms in total. The van der Waals surface area contributed by atoms with E-state index in [0.717, 1.165) is 22.9 Å². The Balaban J connectivity index is 1.22. The Morgan fingerprint density at radius 1 is 1.05 bits per heavy atom. The molecule has 0 saturated carbocycles. The molecule has 2 heterocycles. The number of carbonyl (C=O) groups excluding carboxylic acids is 1. The number of fused-ring (bicyclic) bond motifs is 1. The molecule has 0 unspecified atom stereocenters. The number of aromatic carboxylic acids is 1. The Kier molecular flexibility index (Phi) is 6.77. The van der Waals surface area contributed by atoms with Gasteiger partial charge in [-0.15, -0.1) is 0 Å². The lowest BCUT2D eigenvalue weighted by atomic mass is 10.1. The molecule has 1 N–H and O–H groups in total. The molecule has 1 saturated heterocycles. The number of nitriles is 1. The summed E-state index contributed by atoms with van der Waals surface area (Å²) in [4.78, 5) is 33.1. The van der Waals surface area contributed by atoms with Crippen LogP contribution in [0.5, 0.6) is 11.5 Å². The van der Waals surface area contributed by atoms with Crippen LogP contribution in [0.1, 0.15) is 32.1 Å². The number of halogens is 1. The van der Waals surface area contributed by atoms with Gasteiger partial charge in [-0.05, 0) is 54.6 Å². The maximum absolute atomic E-state index is 14.2. The first-order valence-corrected chi connectivity index (χ1v) is 12.0. The molecule has 5 rings (SSSR count). The highest BCUT2D eigenvalue weighted by Crippen LogP contribution is 2.26. The van der Waals surface area contributed by atoms with Gasteiger partial charge in [0.05, 0.1) is 34.8 Å². The molecule has 1 aromatic heterocycles. The summed E-state index contributed by atoms with van der Waals surface area (Å²) in [7, 11) is 1.87. The molecule has 1 aliphatic heterocycles. The Morgan fingerprint density at radius 2 is 1.84 bits per heavy atom. The van der Waals surface area contributed by atoms with Crippen LogP contribution in [0.15, 0.2) is 60.7 Å². The molecule has 38 heavy (non-hydrogen) atoms. The summed E-state index contributed by atoms with van der Waals surface area (Å²) < 4.78 is 21.7. The molecule has 1 aliphatic rings. The van der Waals surface area contributed by atoms with Crippen molar-refractivity contribution < 1.29 is 23.8 Å². The smallest absolute Gasteiger partial charge is 0.335 e. The molecule has 192 valence electrons. The van der Waals surface area contributed by atoms with E-state index < -0.39 is 11.8 Å².